The van der Waals surface area contributed by atoms with Gasteiger partial charge in [0.05, 0.1) is 11.6 Å². The normalized spacial score (nSPS) is 11.7. The van der Waals surface area contributed by atoms with Crippen molar-refractivity contribution in [1.29, 1.82) is 5.26 Å². The van der Waals surface area contributed by atoms with Crippen LogP contribution in [0.15, 0.2) is 24.3 Å². The molecule has 0 saturated carbocycles. The van der Waals surface area contributed by atoms with E-state index < -0.39 is 0 Å². The molecule has 0 aliphatic carbocycles. The van der Waals surface area contributed by atoms with Gasteiger partial charge < -0.3 is 10.6 Å². The van der Waals surface area contributed by atoms with Crippen LogP contribution in [0.4, 0.5) is 0 Å². The van der Waals surface area contributed by atoms with Crippen LogP contribution in [0.1, 0.15) is 24.5 Å². The number of hydrogen-bond donors (Lipinski definition) is 1. The van der Waals surface area contributed by atoms with Crippen LogP contribution in [0.5, 0.6) is 0 Å². The standard InChI is InChI=1S/C14H19N3O/c1-11(6-7-15)14(18)17(2)10-13-5-3-4-12(8-13)9-16/h3-5,8,11H,6-7,10,15H2,1-2H3. The minimum absolute atomic E-state index is 0.0563. The second kappa shape index (κ2) is 6.77. The predicted molar refractivity (Wildman–Crippen MR) is 70.5 cm³/mol. The molecule has 0 heterocycles. The van der Waals surface area contributed by atoms with Gasteiger partial charge in [0, 0.05) is 19.5 Å². The van der Waals surface area contributed by atoms with Crippen molar-refractivity contribution in [1.82, 2.24) is 4.90 Å². The van der Waals surface area contributed by atoms with Crippen molar-refractivity contribution in [3.05, 3.63) is 35.4 Å². The van der Waals surface area contributed by atoms with Crippen LogP contribution < -0.4 is 5.73 Å². The molecular formula is C14H19N3O. The number of nitrogens with two attached hydrogens (primary N) is 1. The van der Waals surface area contributed by atoms with Gasteiger partial charge in [-0.05, 0) is 30.7 Å². The quantitative estimate of drug-likeness (QED) is 0.854. The lowest BCUT2D eigenvalue weighted by Crippen LogP contribution is -2.32. The molecule has 0 bridgehead atoms. The Morgan fingerprint density at radius 2 is 2.28 bits per heavy atom. The fraction of sp³-hybridized carbons (Fsp3) is 0.429. The summed E-state index contributed by atoms with van der Waals surface area (Å²) in [5.41, 5.74) is 7.03. The molecule has 1 aromatic carbocycles. The summed E-state index contributed by atoms with van der Waals surface area (Å²) >= 11 is 0. The smallest absolute Gasteiger partial charge is 0.225 e. The van der Waals surface area contributed by atoms with E-state index in [2.05, 4.69) is 6.07 Å². The first-order valence-corrected chi connectivity index (χ1v) is 6.02. The highest BCUT2D eigenvalue weighted by Gasteiger charge is 2.16. The third-order valence-electron chi connectivity index (χ3n) is 2.87. The van der Waals surface area contributed by atoms with E-state index in [1.165, 1.54) is 0 Å². The highest BCUT2D eigenvalue weighted by molar-refractivity contribution is 5.78. The lowest BCUT2D eigenvalue weighted by atomic mass is 10.1. The molecular weight excluding hydrogens is 226 g/mol. The SMILES string of the molecule is CC(CCN)C(=O)N(C)Cc1cccc(C#N)c1. The van der Waals surface area contributed by atoms with Gasteiger partial charge in [-0.1, -0.05) is 19.1 Å². The van der Waals surface area contributed by atoms with Crippen molar-refractivity contribution in [3.63, 3.8) is 0 Å². The zero-order chi connectivity index (χ0) is 13.5. The molecule has 0 spiro atoms. The van der Waals surface area contributed by atoms with Crippen molar-refractivity contribution < 1.29 is 4.79 Å². The fourth-order valence-electron chi connectivity index (χ4n) is 1.84. The van der Waals surface area contributed by atoms with Gasteiger partial charge in [0.25, 0.3) is 0 Å². The third kappa shape index (κ3) is 3.86. The van der Waals surface area contributed by atoms with E-state index in [-0.39, 0.29) is 11.8 Å². The third-order valence-corrected chi connectivity index (χ3v) is 2.87. The van der Waals surface area contributed by atoms with E-state index in [9.17, 15) is 4.79 Å². The Morgan fingerprint density at radius 3 is 2.89 bits per heavy atom. The predicted octanol–water partition coefficient (Wildman–Crippen LogP) is 1.50. The first-order valence-electron chi connectivity index (χ1n) is 6.02. The van der Waals surface area contributed by atoms with Crippen LogP contribution in [0, 0.1) is 17.2 Å². The molecule has 0 saturated heterocycles. The Hall–Kier alpha value is -1.86. The van der Waals surface area contributed by atoms with E-state index in [0.717, 1.165) is 5.56 Å². The number of benzene rings is 1. The van der Waals surface area contributed by atoms with E-state index >= 15 is 0 Å². The highest BCUT2D eigenvalue weighted by Crippen LogP contribution is 2.10. The summed E-state index contributed by atoms with van der Waals surface area (Å²) in [5.74, 6) is 0.0296. The van der Waals surface area contributed by atoms with E-state index in [1.807, 2.05) is 19.1 Å². The lowest BCUT2D eigenvalue weighted by Gasteiger charge is -2.21. The minimum atomic E-state index is -0.0563. The minimum Gasteiger partial charge on any atom is -0.341 e. The monoisotopic (exact) mass is 245 g/mol. The van der Waals surface area contributed by atoms with Crippen LogP contribution in [0.2, 0.25) is 0 Å². The number of carbonyl (C=O) groups excluding carboxylic acids is 1. The van der Waals surface area contributed by atoms with E-state index in [4.69, 9.17) is 11.0 Å². The maximum Gasteiger partial charge on any atom is 0.225 e. The van der Waals surface area contributed by atoms with Gasteiger partial charge in [0.15, 0.2) is 0 Å². The summed E-state index contributed by atoms with van der Waals surface area (Å²) in [6.45, 7) is 2.92. The molecule has 18 heavy (non-hydrogen) atoms. The van der Waals surface area contributed by atoms with Crippen molar-refractivity contribution >= 4 is 5.91 Å². The van der Waals surface area contributed by atoms with Gasteiger partial charge in [0.1, 0.15) is 0 Å². The van der Waals surface area contributed by atoms with Gasteiger partial charge in [0.2, 0.25) is 5.91 Å². The molecule has 0 radical (unpaired) electrons. The summed E-state index contributed by atoms with van der Waals surface area (Å²) in [5, 5.41) is 8.82. The van der Waals surface area contributed by atoms with E-state index in [0.29, 0.717) is 25.1 Å². The second-order valence-corrected chi connectivity index (χ2v) is 4.48. The van der Waals surface area contributed by atoms with Crippen LogP contribution in [-0.2, 0) is 11.3 Å². The Balaban J connectivity index is 2.66. The zero-order valence-electron chi connectivity index (χ0n) is 10.9. The number of carbonyl (C=O) groups is 1. The van der Waals surface area contributed by atoms with Crippen LogP contribution in [0.25, 0.3) is 0 Å². The molecule has 1 rings (SSSR count). The molecule has 1 aromatic rings. The Bertz CT molecular complexity index is 451. The first-order chi connectivity index (χ1) is 8.58. The molecule has 0 aliphatic rings. The summed E-state index contributed by atoms with van der Waals surface area (Å²) < 4.78 is 0. The van der Waals surface area contributed by atoms with Crippen LogP contribution >= 0.6 is 0 Å². The maximum atomic E-state index is 12.0. The zero-order valence-corrected chi connectivity index (χ0v) is 10.9. The van der Waals surface area contributed by atoms with Gasteiger partial charge >= 0.3 is 0 Å². The van der Waals surface area contributed by atoms with Crippen LogP contribution in [0.3, 0.4) is 0 Å². The van der Waals surface area contributed by atoms with Gasteiger partial charge in [-0.2, -0.15) is 5.26 Å². The van der Waals surface area contributed by atoms with Gasteiger partial charge in [-0.25, -0.2) is 0 Å². The van der Waals surface area contributed by atoms with E-state index in [1.54, 1.807) is 24.1 Å². The summed E-state index contributed by atoms with van der Waals surface area (Å²) in [6.07, 6.45) is 0.696. The summed E-state index contributed by atoms with van der Waals surface area (Å²) in [7, 11) is 1.77. The molecule has 0 fully saturated rings. The lowest BCUT2D eigenvalue weighted by molar-refractivity contribution is -0.134. The number of rotatable bonds is 5. The summed E-state index contributed by atoms with van der Waals surface area (Å²) in [6, 6.07) is 9.39. The number of nitriles is 1. The number of nitrogens with zero attached hydrogens (tertiary/aromatic N) is 2. The number of amides is 1. The molecule has 1 unspecified atom stereocenters. The van der Waals surface area contributed by atoms with Crippen molar-refractivity contribution in [3.8, 4) is 6.07 Å². The first kappa shape index (κ1) is 14.2. The average Bonchev–Trinajstić information content (AvgIpc) is 2.38. The molecule has 4 nitrogen and oxygen atoms in total. The molecule has 2 N–H and O–H groups in total. The maximum absolute atomic E-state index is 12.0. The van der Waals surface area contributed by atoms with Crippen molar-refractivity contribution in [2.75, 3.05) is 13.6 Å². The highest BCUT2D eigenvalue weighted by atomic mass is 16.2. The Morgan fingerprint density at radius 1 is 1.56 bits per heavy atom. The average molecular weight is 245 g/mol. The fourth-order valence-corrected chi connectivity index (χ4v) is 1.84. The topological polar surface area (TPSA) is 70.1 Å². The molecule has 4 heteroatoms. The Kier molecular flexibility index (Phi) is 5.34. The Labute approximate surface area is 108 Å². The van der Waals surface area contributed by atoms with Crippen molar-refractivity contribution in [2.45, 2.75) is 19.9 Å². The van der Waals surface area contributed by atoms with Crippen molar-refractivity contribution in [2.24, 2.45) is 11.7 Å². The molecule has 96 valence electrons. The van der Waals surface area contributed by atoms with Crippen LogP contribution in [-0.4, -0.2) is 24.4 Å². The second-order valence-electron chi connectivity index (χ2n) is 4.48. The number of hydrogen-bond acceptors (Lipinski definition) is 3. The largest absolute Gasteiger partial charge is 0.341 e. The summed E-state index contributed by atoms with van der Waals surface area (Å²) in [4.78, 5) is 13.7. The van der Waals surface area contributed by atoms with Gasteiger partial charge in [-0.15, -0.1) is 0 Å². The molecule has 0 aromatic heterocycles. The van der Waals surface area contributed by atoms with Gasteiger partial charge in [-0.3, -0.25) is 4.79 Å². The molecule has 1 amide bonds. The molecule has 0 aliphatic heterocycles. The molecule has 1 atom stereocenters.